The van der Waals surface area contributed by atoms with Crippen LogP contribution in [0.1, 0.15) is 6.42 Å². The Morgan fingerprint density at radius 3 is 2.48 bits per heavy atom. The van der Waals surface area contributed by atoms with Gasteiger partial charge in [0.15, 0.2) is 5.65 Å². The highest BCUT2D eigenvalue weighted by molar-refractivity contribution is 6.03. The van der Waals surface area contributed by atoms with Crippen molar-refractivity contribution in [3.05, 3.63) is 84.7 Å². The number of hydrogen-bond acceptors (Lipinski definition) is 6. The quantitative estimate of drug-likeness (QED) is 0.330. The van der Waals surface area contributed by atoms with Gasteiger partial charge >= 0.3 is 0 Å². The summed E-state index contributed by atoms with van der Waals surface area (Å²) >= 11 is 0. The Morgan fingerprint density at radius 1 is 0.900 bits per heavy atom. The highest BCUT2D eigenvalue weighted by atomic mass is 19.1. The van der Waals surface area contributed by atoms with E-state index in [0.29, 0.717) is 39.6 Å². The Balaban J connectivity index is 1.36. The van der Waals surface area contributed by atoms with Gasteiger partial charge in [0.05, 0.1) is 23.0 Å². The van der Waals surface area contributed by atoms with Gasteiger partial charge in [0.1, 0.15) is 28.7 Å². The first kappa shape index (κ1) is 23.1. The summed E-state index contributed by atoms with van der Waals surface area (Å²) in [6.07, 6.45) is 7.27. The SMILES string of the molecule is Fc1cc(N2C[C@@H]3C[C@H]2CN3)cc(F)c1-c1ccnc2c(-c3ccc(F)c4[nH]ncc34)c(-c3ccncc3)nn12. The van der Waals surface area contributed by atoms with Crippen LogP contribution in [0.5, 0.6) is 0 Å². The maximum atomic E-state index is 15.8. The number of pyridine rings is 1. The lowest BCUT2D eigenvalue weighted by molar-refractivity contribution is 0.566. The molecule has 8 nitrogen and oxygen atoms in total. The Morgan fingerprint density at radius 2 is 1.73 bits per heavy atom. The van der Waals surface area contributed by atoms with Crippen LogP contribution in [-0.2, 0) is 0 Å². The van der Waals surface area contributed by atoms with E-state index in [9.17, 15) is 4.39 Å². The maximum Gasteiger partial charge on any atom is 0.164 e. The molecule has 11 heteroatoms. The average molecular weight is 539 g/mol. The molecule has 4 aromatic heterocycles. The third kappa shape index (κ3) is 3.37. The first-order valence-corrected chi connectivity index (χ1v) is 13.0. The van der Waals surface area contributed by atoms with E-state index in [0.717, 1.165) is 25.1 Å². The van der Waals surface area contributed by atoms with Crippen molar-refractivity contribution in [3.8, 4) is 33.6 Å². The lowest BCUT2D eigenvalue weighted by atomic mass is 9.98. The largest absolute Gasteiger partial charge is 0.365 e. The predicted molar refractivity (Wildman–Crippen MR) is 144 cm³/mol. The van der Waals surface area contributed by atoms with Gasteiger partial charge in [0.25, 0.3) is 0 Å². The number of aromatic nitrogens is 6. The van der Waals surface area contributed by atoms with E-state index >= 15 is 8.78 Å². The molecule has 2 aliphatic rings. The molecule has 2 aromatic carbocycles. The molecule has 198 valence electrons. The molecule has 0 aliphatic carbocycles. The molecule has 6 heterocycles. The number of H-pyrrole nitrogens is 1. The number of halogens is 3. The summed E-state index contributed by atoms with van der Waals surface area (Å²) in [5.41, 5.74) is 3.60. The fourth-order valence-electron chi connectivity index (χ4n) is 6.16. The van der Waals surface area contributed by atoms with E-state index in [1.807, 2.05) is 0 Å². The summed E-state index contributed by atoms with van der Waals surface area (Å²) in [6.45, 7) is 1.53. The molecule has 2 bridgehead atoms. The third-order valence-electron chi connectivity index (χ3n) is 7.98. The second-order valence-electron chi connectivity index (χ2n) is 10.2. The van der Waals surface area contributed by atoms with E-state index in [2.05, 4.69) is 30.4 Å². The standard InChI is InChI=1S/C29H21F3N8/c30-21-2-1-19(20-13-36-37-28(20)21)25-27(15-3-6-33-7-4-15)38-40-24(5-8-34-29(25)40)26-22(31)10-17(11-23(26)32)39-14-16-9-18(39)12-35-16/h1-8,10-11,13,16,18,35H,9,12,14H2,(H,36,37)/t16-,18-/m0/s1. The van der Waals surface area contributed by atoms with Crippen molar-refractivity contribution >= 4 is 22.2 Å². The summed E-state index contributed by atoms with van der Waals surface area (Å²) < 4.78 is 47.5. The molecule has 0 saturated carbocycles. The fourth-order valence-corrected chi connectivity index (χ4v) is 6.16. The van der Waals surface area contributed by atoms with Gasteiger partial charge in [-0.15, -0.1) is 0 Å². The monoisotopic (exact) mass is 538 g/mol. The van der Waals surface area contributed by atoms with Gasteiger partial charge in [-0.2, -0.15) is 10.2 Å². The van der Waals surface area contributed by atoms with Gasteiger partial charge in [-0.25, -0.2) is 22.7 Å². The zero-order chi connectivity index (χ0) is 27.0. The fraction of sp³-hybridized carbons (Fsp3) is 0.172. The molecule has 6 aromatic rings. The molecule has 0 radical (unpaired) electrons. The zero-order valence-corrected chi connectivity index (χ0v) is 20.9. The van der Waals surface area contributed by atoms with Crippen LogP contribution < -0.4 is 10.2 Å². The summed E-state index contributed by atoms with van der Waals surface area (Å²) in [6, 6.07) is 11.5. The van der Waals surface area contributed by atoms with Crippen LogP contribution in [0.3, 0.4) is 0 Å². The molecule has 2 saturated heterocycles. The molecule has 2 aliphatic heterocycles. The molecule has 0 unspecified atom stereocenters. The van der Waals surface area contributed by atoms with Gasteiger partial charge < -0.3 is 10.2 Å². The first-order valence-electron chi connectivity index (χ1n) is 13.0. The number of aromatic amines is 1. The van der Waals surface area contributed by atoms with Crippen LogP contribution in [0.4, 0.5) is 18.9 Å². The van der Waals surface area contributed by atoms with Crippen LogP contribution in [-0.4, -0.2) is 55.0 Å². The summed E-state index contributed by atoms with van der Waals surface area (Å²) in [5, 5.41) is 15.5. The highest BCUT2D eigenvalue weighted by Crippen LogP contribution is 2.41. The van der Waals surface area contributed by atoms with Crippen LogP contribution in [0, 0.1) is 17.5 Å². The molecule has 0 spiro atoms. The number of fused-ring (bicyclic) bond motifs is 4. The van der Waals surface area contributed by atoms with Gasteiger partial charge in [0, 0.05) is 60.4 Å². The summed E-state index contributed by atoms with van der Waals surface area (Å²) in [5.74, 6) is -1.81. The van der Waals surface area contributed by atoms with Crippen LogP contribution in [0.15, 0.2) is 67.3 Å². The number of nitrogens with zero attached hydrogens (tertiary/aromatic N) is 6. The van der Waals surface area contributed by atoms with Crippen molar-refractivity contribution in [2.75, 3.05) is 18.0 Å². The van der Waals surface area contributed by atoms with Gasteiger partial charge in [-0.1, -0.05) is 6.07 Å². The van der Waals surface area contributed by atoms with E-state index in [1.54, 1.807) is 36.7 Å². The zero-order valence-electron chi connectivity index (χ0n) is 20.9. The number of benzene rings is 2. The van der Waals surface area contributed by atoms with Crippen molar-refractivity contribution in [2.24, 2.45) is 0 Å². The van der Waals surface area contributed by atoms with Crippen molar-refractivity contribution in [2.45, 2.75) is 18.5 Å². The molecule has 2 fully saturated rings. The smallest absolute Gasteiger partial charge is 0.164 e. The minimum atomic E-state index is -0.681. The van der Waals surface area contributed by atoms with E-state index in [4.69, 9.17) is 5.10 Å². The summed E-state index contributed by atoms with van der Waals surface area (Å²) in [7, 11) is 0. The third-order valence-corrected chi connectivity index (χ3v) is 7.98. The Kier molecular flexibility index (Phi) is 4.99. The van der Waals surface area contributed by atoms with Crippen molar-refractivity contribution in [1.82, 2.24) is 35.1 Å². The Hall–Kier alpha value is -4.77. The number of piperazine rings is 1. The van der Waals surface area contributed by atoms with Gasteiger partial charge in [-0.05, 0) is 48.4 Å². The topological polar surface area (TPSA) is 87.0 Å². The van der Waals surface area contributed by atoms with Crippen LogP contribution >= 0.6 is 0 Å². The van der Waals surface area contributed by atoms with Crippen LogP contribution in [0.2, 0.25) is 0 Å². The average Bonchev–Trinajstić information content (AvgIpc) is 3.77. The molecular weight excluding hydrogens is 517 g/mol. The normalized spacial score (nSPS) is 18.4. The molecule has 0 amide bonds. The molecule has 2 atom stereocenters. The number of anilines is 1. The first-order chi connectivity index (χ1) is 19.6. The van der Waals surface area contributed by atoms with E-state index in [1.165, 1.54) is 35.1 Å². The molecule has 2 N–H and O–H groups in total. The predicted octanol–water partition coefficient (Wildman–Crippen LogP) is 4.97. The molecule has 8 rings (SSSR count). The molecule has 40 heavy (non-hydrogen) atoms. The minimum absolute atomic E-state index is 0.193. The highest BCUT2D eigenvalue weighted by Gasteiger charge is 2.38. The van der Waals surface area contributed by atoms with Crippen molar-refractivity contribution < 1.29 is 13.2 Å². The van der Waals surface area contributed by atoms with Crippen molar-refractivity contribution in [1.29, 1.82) is 0 Å². The Labute approximate surface area is 225 Å². The van der Waals surface area contributed by atoms with Gasteiger partial charge in [-0.3, -0.25) is 10.1 Å². The van der Waals surface area contributed by atoms with Crippen LogP contribution in [0.25, 0.3) is 50.2 Å². The second kappa shape index (κ2) is 8.62. The summed E-state index contributed by atoms with van der Waals surface area (Å²) in [4.78, 5) is 10.7. The number of hydrogen-bond donors (Lipinski definition) is 2. The lowest BCUT2D eigenvalue weighted by Gasteiger charge is -2.30. The number of rotatable bonds is 4. The van der Waals surface area contributed by atoms with Crippen molar-refractivity contribution in [3.63, 3.8) is 0 Å². The van der Waals surface area contributed by atoms with Gasteiger partial charge in [0.2, 0.25) is 0 Å². The van der Waals surface area contributed by atoms with E-state index < -0.39 is 17.5 Å². The lowest BCUT2D eigenvalue weighted by Crippen LogP contribution is -2.43. The van der Waals surface area contributed by atoms with E-state index in [-0.39, 0.29) is 22.8 Å². The molecular formula is C29H21F3N8. The number of nitrogens with one attached hydrogen (secondary N) is 2. The Bertz CT molecular complexity index is 1910. The maximum absolute atomic E-state index is 15.8. The second-order valence-corrected chi connectivity index (χ2v) is 10.2. The minimum Gasteiger partial charge on any atom is -0.365 e.